The molecule has 2 amide bonds. The molecule has 1 heterocycles. The molecule has 2 aromatic rings. The molecule has 0 radical (unpaired) electrons. The first kappa shape index (κ1) is 17.5. The van der Waals surface area contributed by atoms with Gasteiger partial charge in [-0.2, -0.15) is 0 Å². The number of halogens is 2. The van der Waals surface area contributed by atoms with Crippen LogP contribution in [0.3, 0.4) is 0 Å². The Kier molecular flexibility index (Phi) is 4.84. The molecule has 25 heavy (non-hydrogen) atoms. The third-order valence-electron chi connectivity index (χ3n) is 4.23. The summed E-state index contributed by atoms with van der Waals surface area (Å²) in [7, 11) is 0. The van der Waals surface area contributed by atoms with Gasteiger partial charge in [0.05, 0.1) is 6.54 Å². The van der Waals surface area contributed by atoms with Crippen molar-refractivity contribution in [2.75, 3.05) is 5.32 Å². The molecule has 0 unspecified atom stereocenters. The zero-order chi connectivity index (χ0) is 18.1. The number of aryl methyl sites for hydroxylation is 1. The summed E-state index contributed by atoms with van der Waals surface area (Å²) in [5.41, 5.74) is 3.73. The molecular formula is C19H16Cl2N2O2. The van der Waals surface area contributed by atoms with Gasteiger partial charge in [0.25, 0.3) is 11.8 Å². The van der Waals surface area contributed by atoms with Crippen LogP contribution in [-0.2, 0) is 16.1 Å². The number of imide groups is 1. The molecular weight excluding hydrogens is 359 g/mol. The predicted octanol–water partition coefficient (Wildman–Crippen LogP) is 4.39. The Morgan fingerprint density at radius 3 is 2.32 bits per heavy atom. The fourth-order valence-corrected chi connectivity index (χ4v) is 2.95. The molecule has 0 saturated heterocycles. The normalized spacial score (nSPS) is 14.5. The Hall–Kier alpha value is -2.30. The zero-order valence-corrected chi connectivity index (χ0v) is 15.3. The quantitative estimate of drug-likeness (QED) is 0.807. The van der Waals surface area contributed by atoms with Gasteiger partial charge in [0.15, 0.2) is 0 Å². The number of carbonyl (C=O) groups is 2. The minimum atomic E-state index is -0.505. The lowest BCUT2D eigenvalue weighted by Crippen LogP contribution is -2.31. The Balaban J connectivity index is 1.84. The highest BCUT2D eigenvalue weighted by Gasteiger charge is 2.37. The smallest absolute Gasteiger partial charge is 0.279 e. The summed E-state index contributed by atoms with van der Waals surface area (Å²) in [6, 6.07) is 12.7. The summed E-state index contributed by atoms with van der Waals surface area (Å²) < 4.78 is 0. The van der Waals surface area contributed by atoms with Crippen molar-refractivity contribution in [2.24, 2.45) is 0 Å². The van der Waals surface area contributed by atoms with E-state index in [0.29, 0.717) is 5.02 Å². The molecule has 3 rings (SSSR count). The molecule has 0 spiro atoms. The van der Waals surface area contributed by atoms with Crippen molar-refractivity contribution in [3.05, 3.63) is 74.9 Å². The van der Waals surface area contributed by atoms with Crippen LogP contribution in [0.5, 0.6) is 0 Å². The Morgan fingerprint density at radius 1 is 0.960 bits per heavy atom. The van der Waals surface area contributed by atoms with Crippen LogP contribution in [0.4, 0.5) is 5.69 Å². The van der Waals surface area contributed by atoms with E-state index in [-0.39, 0.29) is 17.3 Å². The zero-order valence-electron chi connectivity index (χ0n) is 13.8. The average molecular weight is 375 g/mol. The molecule has 6 heteroatoms. The molecule has 1 aliphatic rings. The highest BCUT2D eigenvalue weighted by molar-refractivity contribution is 6.48. The molecule has 1 aliphatic heterocycles. The number of carbonyl (C=O) groups excluding carboxylic acids is 2. The highest BCUT2D eigenvalue weighted by Crippen LogP contribution is 2.29. The second kappa shape index (κ2) is 6.90. The molecule has 0 fully saturated rings. The van der Waals surface area contributed by atoms with Crippen LogP contribution in [-0.4, -0.2) is 16.7 Å². The van der Waals surface area contributed by atoms with E-state index < -0.39 is 11.8 Å². The molecule has 0 aromatic heterocycles. The standard InChI is InChI=1S/C19H16Cl2N2O2/c1-11-4-3-5-15(12(11)2)22-17-16(21)18(24)23(19(17)25)10-13-6-8-14(20)9-7-13/h3-9,22H,10H2,1-2H3. The summed E-state index contributed by atoms with van der Waals surface area (Å²) in [6.45, 7) is 4.06. The summed E-state index contributed by atoms with van der Waals surface area (Å²) in [4.78, 5) is 26.2. The lowest BCUT2D eigenvalue weighted by atomic mass is 10.1. The fourth-order valence-electron chi connectivity index (χ4n) is 2.59. The number of nitrogens with one attached hydrogen (secondary N) is 1. The van der Waals surface area contributed by atoms with Gasteiger partial charge in [0, 0.05) is 10.7 Å². The molecule has 0 aliphatic carbocycles. The first-order chi connectivity index (χ1) is 11.9. The largest absolute Gasteiger partial charge is 0.349 e. The van der Waals surface area contributed by atoms with Gasteiger partial charge in [-0.25, -0.2) is 0 Å². The Labute approximate surface area is 156 Å². The monoisotopic (exact) mass is 374 g/mol. The third kappa shape index (κ3) is 3.41. The Morgan fingerprint density at radius 2 is 1.64 bits per heavy atom. The summed E-state index contributed by atoms with van der Waals surface area (Å²) in [5.74, 6) is -0.944. The van der Waals surface area contributed by atoms with E-state index in [1.54, 1.807) is 24.3 Å². The van der Waals surface area contributed by atoms with Crippen LogP contribution in [0.2, 0.25) is 5.02 Å². The van der Waals surface area contributed by atoms with E-state index in [4.69, 9.17) is 23.2 Å². The number of benzene rings is 2. The maximum atomic E-state index is 12.7. The number of amides is 2. The summed E-state index contributed by atoms with van der Waals surface area (Å²) in [5, 5.41) is 3.52. The molecule has 1 N–H and O–H groups in total. The minimum Gasteiger partial charge on any atom is -0.349 e. The second-order valence-electron chi connectivity index (χ2n) is 5.88. The number of anilines is 1. The molecule has 128 valence electrons. The molecule has 0 atom stereocenters. The van der Waals surface area contributed by atoms with Gasteiger partial charge in [0.1, 0.15) is 10.7 Å². The van der Waals surface area contributed by atoms with E-state index in [1.807, 2.05) is 32.0 Å². The van der Waals surface area contributed by atoms with Crippen LogP contribution in [0.25, 0.3) is 0 Å². The SMILES string of the molecule is Cc1cccc(NC2=C(Cl)C(=O)N(Cc3ccc(Cl)cc3)C2=O)c1C. The van der Waals surface area contributed by atoms with Crippen molar-refractivity contribution >= 4 is 40.7 Å². The third-order valence-corrected chi connectivity index (χ3v) is 4.83. The van der Waals surface area contributed by atoms with E-state index in [2.05, 4.69) is 5.32 Å². The highest BCUT2D eigenvalue weighted by atomic mass is 35.5. The van der Waals surface area contributed by atoms with E-state index >= 15 is 0 Å². The van der Waals surface area contributed by atoms with Crippen LogP contribution >= 0.6 is 23.2 Å². The van der Waals surface area contributed by atoms with Crippen LogP contribution in [0, 0.1) is 13.8 Å². The molecule has 2 aromatic carbocycles. The van der Waals surface area contributed by atoms with Gasteiger partial charge < -0.3 is 5.32 Å². The van der Waals surface area contributed by atoms with E-state index in [1.165, 1.54) is 0 Å². The van der Waals surface area contributed by atoms with Crippen molar-refractivity contribution in [3.8, 4) is 0 Å². The maximum absolute atomic E-state index is 12.7. The van der Waals surface area contributed by atoms with Crippen molar-refractivity contribution in [1.29, 1.82) is 0 Å². The van der Waals surface area contributed by atoms with Crippen LogP contribution < -0.4 is 5.32 Å². The summed E-state index contributed by atoms with van der Waals surface area (Å²) in [6.07, 6.45) is 0. The lowest BCUT2D eigenvalue weighted by molar-refractivity contribution is -0.138. The first-order valence-electron chi connectivity index (χ1n) is 7.72. The van der Waals surface area contributed by atoms with Gasteiger partial charge in [-0.05, 0) is 48.7 Å². The van der Waals surface area contributed by atoms with Crippen LogP contribution in [0.1, 0.15) is 16.7 Å². The predicted molar refractivity (Wildman–Crippen MR) is 99.4 cm³/mol. The van der Waals surface area contributed by atoms with E-state index in [0.717, 1.165) is 27.3 Å². The number of nitrogens with zero attached hydrogens (tertiary/aromatic N) is 1. The maximum Gasteiger partial charge on any atom is 0.279 e. The topological polar surface area (TPSA) is 49.4 Å². The second-order valence-corrected chi connectivity index (χ2v) is 6.70. The van der Waals surface area contributed by atoms with Gasteiger partial charge in [-0.15, -0.1) is 0 Å². The Bertz CT molecular complexity index is 889. The minimum absolute atomic E-state index is 0.0973. The summed E-state index contributed by atoms with van der Waals surface area (Å²) >= 11 is 12.0. The van der Waals surface area contributed by atoms with Crippen molar-refractivity contribution in [3.63, 3.8) is 0 Å². The number of hydrogen-bond acceptors (Lipinski definition) is 3. The van der Waals surface area contributed by atoms with Gasteiger partial charge in [-0.1, -0.05) is 47.5 Å². The molecule has 0 bridgehead atoms. The molecule has 0 saturated carbocycles. The lowest BCUT2D eigenvalue weighted by Gasteiger charge is -2.16. The fraction of sp³-hybridized carbons (Fsp3) is 0.158. The number of hydrogen-bond donors (Lipinski definition) is 1. The van der Waals surface area contributed by atoms with Crippen LogP contribution in [0.15, 0.2) is 53.2 Å². The first-order valence-corrected chi connectivity index (χ1v) is 8.47. The molecule has 4 nitrogen and oxygen atoms in total. The van der Waals surface area contributed by atoms with Gasteiger partial charge in [-0.3, -0.25) is 14.5 Å². The van der Waals surface area contributed by atoms with Gasteiger partial charge >= 0.3 is 0 Å². The number of rotatable bonds is 4. The van der Waals surface area contributed by atoms with Crippen molar-refractivity contribution in [1.82, 2.24) is 4.90 Å². The average Bonchev–Trinajstić information content (AvgIpc) is 2.78. The van der Waals surface area contributed by atoms with Crippen molar-refractivity contribution < 1.29 is 9.59 Å². The van der Waals surface area contributed by atoms with Crippen molar-refractivity contribution in [2.45, 2.75) is 20.4 Å². The van der Waals surface area contributed by atoms with E-state index in [9.17, 15) is 9.59 Å². The van der Waals surface area contributed by atoms with Gasteiger partial charge in [0.2, 0.25) is 0 Å².